The Hall–Kier alpha value is -3.17. The summed E-state index contributed by atoms with van der Waals surface area (Å²) in [6.07, 6.45) is -3.15. The highest BCUT2D eigenvalue weighted by molar-refractivity contribution is 5.60. The summed E-state index contributed by atoms with van der Waals surface area (Å²) >= 11 is 0. The van der Waals surface area contributed by atoms with Gasteiger partial charge in [-0.3, -0.25) is 19.2 Å². The maximum atomic E-state index is 13.7. The number of nitrogens with zero attached hydrogens (tertiary/aromatic N) is 5. The highest BCUT2D eigenvalue weighted by atomic mass is 19.4. The second-order valence-corrected chi connectivity index (χ2v) is 9.18. The zero-order valence-corrected chi connectivity index (χ0v) is 20.2. The van der Waals surface area contributed by atoms with Crippen molar-refractivity contribution in [3.05, 3.63) is 87.3 Å². The van der Waals surface area contributed by atoms with Crippen molar-refractivity contribution in [1.82, 2.24) is 19.4 Å². The van der Waals surface area contributed by atoms with Gasteiger partial charge in [-0.15, -0.1) is 0 Å². The van der Waals surface area contributed by atoms with Gasteiger partial charge in [0.2, 0.25) is 5.95 Å². The second kappa shape index (κ2) is 10.2. The molecule has 0 saturated carbocycles. The molecule has 4 rings (SSSR count). The van der Waals surface area contributed by atoms with Gasteiger partial charge in [-0.2, -0.15) is 13.2 Å². The predicted octanol–water partition coefficient (Wildman–Crippen LogP) is 4.48. The smallest absolute Gasteiger partial charge is 0.309 e. The van der Waals surface area contributed by atoms with Crippen molar-refractivity contribution in [2.75, 3.05) is 38.8 Å². The first-order chi connectivity index (χ1) is 16.6. The fraction of sp³-hybridized carbons (Fsp3) is 0.385. The zero-order chi connectivity index (χ0) is 25.2. The average Bonchev–Trinajstić information content (AvgIpc) is 2.82. The average molecular weight is 486 g/mol. The quantitative estimate of drug-likeness (QED) is 0.494. The normalized spacial score (nSPS) is 14.4. The van der Waals surface area contributed by atoms with Gasteiger partial charge < -0.3 is 4.90 Å². The van der Waals surface area contributed by atoms with Gasteiger partial charge in [0.1, 0.15) is 0 Å². The van der Waals surface area contributed by atoms with E-state index in [1.54, 1.807) is 22.5 Å². The molecule has 1 aliphatic rings. The van der Waals surface area contributed by atoms with Crippen molar-refractivity contribution in [1.29, 1.82) is 0 Å². The molecule has 35 heavy (non-hydrogen) atoms. The summed E-state index contributed by atoms with van der Waals surface area (Å²) in [5.74, 6) is 0.368. The predicted molar refractivity (Wildman–Crippen MR) is 131 cm³/mol. The van der Waals surface area contributed by atoms with Crippen LogP contribution in [0.3, 0.4) is 0 Å². The lowest BCUT2D eigenvalue weighted by Gasteiger charge is -2.38. The van der Waals surface area contributed by atoms with Crippen LogP contribution in [0.25, 0.3) is 0 Å². The molecule has 2 aromatic carbocycles. The molecule has 0 atom stereocenters. The number of anilines is 2. The lowest BCUT2D eigenvalue weighted by Crippen LogP contribution is -2.48. The third-order valence-electron chi connectivity index (χ3n) is 6.16. The van der Waals surface area contributed by atoms with Crippen molar-refractivity contribution in [3.8, 4) is 0 Å². The maximum Gasteiger partial charge on any atom is 0.416 e. The monoisotopic (exact) mass is 485 g/mol. The van der Waals surface area contributed by atoms with Gasteiger partial charge in [-0.25, -0.2) is 4.98 Å². The molecule has 1 aliphatic heterocycles. The van der Waals surface area contributed by atoms with Crippen LogP contribution in [0.15, 0.2) is 59.4 Å². The lowest BCUT2D eigenvalue weighted by atomic mass is 10.1. The van der Waals surface area contributed by atoms with E-state index in [4.69, 9.17) is 4.98 Å². The molecule has 186 valence electrons. The van der Waals surface area contributed by atoms with Crippen LogP contribution in [0.2, 0.25) is 0 Å². The number of halogens is 3. The molecule has 0 unspecified atom stereocenters. The molecule has 0 amide bonds. The summed E-state index contributed by atoms with van der Waals surface area (Å²) in [6, 6.07) is 14.9. The summed E-state index contributed by atoms with van der Waals surface area (Å²) in [5, 5.41) is 0. The molecular formula is C26H30F3N5O. The second-order valence-electron chi connectivity index (χ2n) is 9.18. The van der Waals surface area contributed by atoms with Gasteiger partial charge in [0.25, 0.3) is 5.56 Å². The molecule has 0 fully saturated rings. The highest BCUT2D eigenvalue weighted by Gasteiger charge is 2.33. The Bertz CT molecular complexity index is 1220. The molecule has 0 saturated heterocycles. The standard InChI is InChI=1S/C26H30F3N5O/c1-19-23(15-20-9-5-4-6-10-20)24(35)34-18-32(14-8-13-31(2)3)17-33(25(34)30-19)22-12-7-11-21(16-22)26(27,28)29/h4-7,9-12,16H,8,13-15,17-18H2,1-3H3. The summed E-state index contributed by atoms with van der Waals surface area (Å²) in [7, 11) is 3.99. The Balaban J connectivity index is 1.76. The molecular weight excluding hydrogens is 455 g/mol. The first kappa shape index (κ1) is 24.9. The largest absolute Gasteiger partial charge is 0.416 e. The number of benzene rings is 2. The van der Waals surface area contributed by atoms with E-state index in [0.29, 0.717) is 49.2 Å². The van der Waals surface area contributed by atoms with E-state index in [9.17, 15) is 18.0 Å². The first-order valence-corrected chi connectivity index (χ1v) is 11.6. The summed E-state index contributed by atoms with van der Waals surface area (Å²) in [6.45, 7) is 4.04. The Morgan fingerprint density at radius 2 is 1.77 bits per heavy atom. The Labute approximate surface area is 203 Å². The number of aryl methyl sites for hydroxylation is 1. The third-order valence-corrected chi connectivity index (χ3v) is 6.16. The molecule has 3 aromatic rings. The van der Waals surface area contributed by atoms with E-state index in [1.807, 2.05) is 44.4 Å². The molecule has 1 aromatic heterocycles. The van der Waals surface area contributed by atoms with E-state index in [1.165, 1.54) is 6.07 Å². The molecule has 0 bridgehead atoms. The van der Waals surface area contributed by atoms with Gasteiger partial charge in [0.05, 0.1) is 24.6 Å². The van der Waals surface area contributed by atoms with Gasteiger partial charge >= 0.3 is 6.18 Å². The van der Waals surface area contributed by atoms with Gasteiger partial charge in [0.15, 0.2) is 0 Å². The van der Waals surface area contributed by atoms with Crippen LogP contribution in [0.1, 0.15) is 28.8 Å². The van der Waals surface area contributed by atoms with Crippen molar-refractivity contribution in [3.63, 3.8) is 0 Å². The SMILES string of the molecule is Cc1nc2n(c(=O)c1Cc1ccccc1)CN(CCCN(C)C)CN2c1cccc(C(F)(F)F)c1. The van der Waals surface area contributed by atoms with Crippen LogP contribution in [0.5, 0.6) is 0 Å². The molecule has 6 nitrogen and oxygen atoms in total. The number of hydrogen-bond acceptors (Lipinski definition) is 5. The Morgan fingerprint density at radius 1 is 1.03 bits per heavy atom. The zero-order valence-electron chi connectivity index (χ0n) is 20.2. The minimum atomic E-state index is -4.46. The molecule has 0 radical (unpaired) electrons. The van der Waals surface area contributed by atoms with Crippen LogP contribution < -0.4 is 10.5 Å². The van der Waals surface area contributed by atoms with Crippen molar-refractivity contribution in [2.45, 2.75) is 32.6 Å². The fourth-order valence-corrected chi connectivity index (χ4v) is 4.33. The molecule has 0 spiro atoms. The summed E-state index contributed by atoms with van der Waals surface area (Å²) in [5.41, 5.74) is 1.65. The minimum absolute atomic E-state index is 0.161. The number of aromatic nitrogens is 2. The molecule has 2 heterocycles. The van der Waals surface area contributed by atoms with Gasteiger partial charge in [-0.05, 0) is 57.7 Å². The number of alkyl halides is 3. The summed E-state index contributed by atoms with van der Waals surface area (Å²) in [4.78, 5) is 24.2. The third kappa shape index (κ3) is 5.74. The van der Waals surface area contributed by atoms with E-state index >= 15 is 0 Å². The van der Waals surface area contributed by atoms with Crippen LogP contribution in [0, 0.1) is 6.92 Å². The maximum absolute atomic E-state index is 13.7. The van der Waals surface area contributed by atoms with Crippen molar-refractivity contribution in [2.24, 2.45) is 0 Å². The van der Waals surface area contributed by atoms with E-state index < -0.39 is 11.7 Å². The fourth-order valence-electron chi connectivity index (χ4n) is 4.33. The molecule has 0 N–H and O–H groups in total. The summed E-state index contributed by atoms with van der Waals surface area (Å²) < 4.78 is 41.9. The molecule has 9 heteroatoms. The van der Waals surface area contributed by atoms with Crippen LogP contribution >= 0.6 is 0 Å². The van der Waals surface area contributed by atoms with E-state index in [-0.39, 0.29) is 5.56 Å². The van der Waals surface area contributed by atoms with Crippen molar-refractivity contribution < 1.29 is 13.2 Å². The van der Waals surface area contributed by atoms with Crippen LogP contribution in [-0.4, -0.2) is 53.2 Å². The lowest BCUT2D eigenvalue weighted by molar-refractivity contribution is -0.137. The van der Waals surface area contributed by atoms with Gasteiger partial charge in [-0.1, -0.05) is 36.4 Å². The minimum Gasteiger partial charge on any atom is -0.309 e. The topological polar surface area (TPSA) is 44.6 Å². The van der Waals surface area contributed by atoms with Gasteiger partial charge in [0, 0.05) is 24.2 Å². The first-order valence-electron chi connectivity index (χ1n) is 11.6. The molecule has 0 aliphatic carbocycles. The highest BCUT2D eigenvalue weighted by Crippen LogP contribution is 2.34. The number of hydrogen-bond donors (Lipinski definition) is 0. The Morgan fingerprint density at radius 3 is 2.46 bits per heavy atom. The van der Waals surface area contributed by atoms with Crippen LogP contribution in [-0.2, 0) is 19.3 Å². The van der Waals surface area contributed by atoms with Crippen LogP contribution in [0.4, 0.5) is 24.8 Å². The number of fused-ring (bicyclic) bond motifs is 1. The van der Waals surface area contributed by atoms with E-state index in [0.717, 1.165) is 30.7 Å². The number of rotatable bonds is 7. The van der Waals surface area contributed by atoms with E-state index in [2.05, 4.69) is 9.80 Å². The Kier molecular flexibility index (Phi) is 7.28. The van der Waals surface area contributed by atoms with Crippen molar-refractivity contribution >= 4 is 11.6 Å².